The summed E-state index contributed by atoms with van der Waals surface area (Å²) in [6.07, 6.45) is 2.86. The highest BCUT2D eigenvalue weighted by Crippen LogP contribution is 2.23. The molecule has 0 atom stereocenters. The Hall–Kier alpha value is -1.44. The number of hydrogen-bond acceptors (Lipinski definition) is 5. The van der Waals surface area contributed by atoms with Crippen molar-refractivity contribution in [2.75, 3.05) is 26.3 Å². The third-order valence-corrected chi connectivity index (χ3v) is 6.04. The summed E-state index contributed by atoms with van der Waals surface area (Å²) in [5, 5.41) is 0. The van der Waals surface area contributed by atoms with Gasteiger partial charge in [-0.05, 0) is 51.3 Å². The molecule has 0 amide bonds. The van der Waals surface area contributed by atoms with Crippen LogP contribution in [-0.2, 0) is 19.5 Å². The SMILES string of the molecule is Cc1ccc(S(=O)(=O)N2CCCCC2)cc1C(=O)OCCOC(C)C. The summed E-state index contributed by atoms with van der Waals surface area (Å²) in [5.41, 5.74) is 0.968. The van der Waals surface area contributed by atoms with Gasteiger partial charge in [-0.3, -0.25) is 0 Å². The Labute approximate surface area is 150 Å². The van der Waals surface area contributed by atoms with Crippen LogP contribution >= 0.6 is 0 Å². The first-order valence-corrected chi connectivity index (χ1v) is 10.2. The first-order chi connectivity index (χ1) is 11.8. The van der Waals surface area contributed by atoms with E-state index in [1.807, 2.05) is 13.8 Å². The van der Waals surface area contributed by atoms with Gasteiger partial charge in [0.05, 0.1) is 23.2 Å². The predicted molar refractivity (Wildman–Crippen MR) is 95.2 cm³/mol. The molecule has 1 aliphatic rings. The third-order valence-electron chi connectivity index (χ3n) is 4.15. The number of nitrogens with zero attached hydrogens (tertiary/aromatic N) is 1. The van der Waals surface area contributed by atoms with Crippen molar-refractivity contribution in [3.05, 3.63) is 29.3 Å². The quantitative estimate of drug-likeness (QED) is 0.546. The number of esters is 1. The Balaban J connectivity index is 2.12. The lowest BCUT2D eigenvalue weighted by atomic mass is 10.1. The molecule has 1 saturated heterocycles. The van der Waals surface area contributed by atoms with E-state index in [9.17, 15) is 13.2 Å². The molecule has 1 aliphatic heterocycles. The summed E-state index contributed by atoms with van der Waals surface area (Å²) < 4.78 is 37.6. The van der Waals surface area contributed by atoms with E-state index in [4.69, 9.17) is 9.47 Å². The molecule has 0 bridgehead atoms. The van der Waals surface area contributed by atoms with Gasteiger partial charge in [0, 0.05) is 13.1 Å². The van der Waals surface area contributed by atoms with Gasteiger partial charge in [0.15, 0.2) is 0 Å². The fourth-order valence-electron chi connectivity index (χ4n) is 2.73. The Bertz CT molecular complexity index is 693. The van der Waals surface area contributed by atoms with Crippen molar-refractivity contribution >= 4 is 16.0 Å². The number of rotatable bonds is 7. The van der Waals surface area contributed by atoms with Crippen molar-refractivity contribution in [3.8, 4) is 0 Å². The minimum absolute atomic E-state index is 0.0680. The predicted octanol–water partition coefficient (Wildman–Crippen LogP) is 2.75. The lowest BCUT2D eigenvalue weighted by Crippen LogP contribution is -2.35. The van der Waals surface area contributed by atoms with Crippen LogP contribution < -0.4 is 0 Å². The smallest absolute Gasteiger partial charge is 0.338 e. The van der Waals surface area contributed by atoms with Crippen molar-refractivity contribution in [1.29, 1.82) is 0 Å². The molecule has 0 radical (unpaired) electrons. The fourth-order valence-corrected chi connectivity index (χ4v) is 4.28. The average molecular weight is 369 g/mol. The van der Waals surface area contributed by atoms with Gasteiger partial charge in [-0.25, -0.2) is 13.2 Å². The Morgan fingerprint density at radius 1 is 1.16 bits per heavy atom. The van der Waals surface area contributed by atoms with Gasteiger partial charge in [0.2, 0.25) is 10.0 Å². The molecule has 6 nitrogen and oxygen atoms in total. The second-order valence-electron chi connectivity index (χ2n) is 6.50. The van der Waals surface area contributed by atoms with E-state index in [0.717, 1.165) is 19.3 Å². The van der Waals surface area contributed by atoms with E-state index in [1.165, 1.54) is 10.4 Å². The van der Waals surface area contributed by atoms with Crippen LogP contribution in [0, 0.1) is 6.92 Å². The zero-order chi connectivity index (χ0) is 18.4. The fraction of sp³-hybridized carbons (Fsp3) is 0.611. The molecule has 0 aliphatic carbocycles. The summed E-state index contributed by atoms with van der Waals surface area (Å²) in [6.45, 7) is 7.08. The van der Waals surface area contributed by atoms with Crippen molar-refractivity contribution < 1.29 is 22.7 Å². The summed E-state index contributed by atoms with van der Waals surface area (Å²) in [7, 11) is -3.57. The maximum absolute atomic E-state index is 12.8. The molecule has 1 heterocycles. The molecule has 1 fully saturated rings. The molecule has 0 spiro atoms. The molecule has 0 unspecified atom stereocenters. The van der Waals surface area contributed by atoms with Gasteiger partial charge < -0.3 is 9.47 Å². The van der Waals surface area contributed by atoms with Crippen LogP contribution in [0.4, 0.5) is 0 Å². The molecule has 25 heavy (non-hydrogen) atoms. The summed E-state index contributed by atoms with van der Waals surface area (Å²) in [5.74, 6) is -0.527. The maximum atomic E-state index is 12.8. The molecule has 2 rings (SSSR count). The van der Waals surface area contributed by atoms with E-state index in [0.29, 0.717) is 25.3 Å². The number of ether oxygens (including phenoxy) is 2. The maximum Gasteiger partial charge on any atom is 0.338 e. The van der Waals surface area contributed by atoms with Gasteiger partial charge >= 0.3 is 5.97 Å². The van der Waals surface area contributed by atoms with E-state index in [2.05, 4.69) is 0 Å². The molecule has 0 saturated carbocycles. The minimum Gasteiger partial charge on any atom is -0.460 e. The number of benzene rings is 1. The summed E-state index contributed by atoms with van der Waals surface area (Å²) in [4.78, 5) is 12.4. The molecule has 1 aromatic carbocycles. The number of piperidine rings is 1. The molecule has 0 aromatic heterocycles. The molecule has 1 aromatic rings. The van der Waals surface area contributed by atoms with E-state index >= 15 is 0 Å². The zero-order valence-corrected chi connectivity index (χ0v) is 16.0. The lowest BCUT2D eigenvalue weighted by molar-refractivity contribution is 0.0176. The largest absolute Gasteiger partial charge is 0.460 e. The summed E-state index contributed by atoms with van der Waals surface area (Å²) in [6, 6.07) is 4.63. The van der Waals surface area contributed by atoms with Gasteiger partial charge in [-0.2, -0.15) is 4.31 Å². The van der Waals surface area contributed by atoms with Crippen LogP contribution in [-0.4, -0.2) is 51.1 Å². The summed E-state index contributed by atoms with van der Waals surface area (Å²) >= 11 is 0. The number of hydrogen-bond donors (Lipinski definition) is 0. The van der Waals surface area contributed by atoms with Crippen molar-refractivity contribution in [2.45, 2.75) is 51.0 Å². The molecular formula is C18H27NO5S. The molecule has 0 N–H and O–H groups in total. The topological polar surface area (TPSA) is 72.9 Å². The van der Waals surface area contributed by atoms with Crippen LogP contribution in [0.25, 0.3) is 0 Å². The van der Waals surface area contributed by atoms with Crippen LogP contribution in [0.5, 0.6) is 0 Å². The molecular weight excluding hydrogens is 342 g/mol. The number of aryl methyl sites for hydroxylation is 1. The number of carbonyl (C=O) groups is 1. The average Bonchev–Trinajstić information content (AvgIpc) is 2.59. The van der Waals surface area contributed by atoms with Gasteiger partial charge in [0.25, 0.3) is 0 Å². The van der Waals surface area contributed by atoms with Crippen LogP contribution in [0.15, 0.2) is 23.1 Å². The van der Waals surface area contributed by atoms with Crippen molar-refractivity contribution in [3.63, 3.8) is 0 Å². The lowest BCUT2D eigenvalue weighted by Gasteiger charge is -2.26. The van der Waals surface area contributed by atoms with Gasteiger partial charge in [0.1, 0.15) is 6.61 Å². The standard InChI is InChI=1S/C18H27NO5S/c1-14(2)23-11-12-24-18(20)17-13-16(8-7-15(17)3)25(21,22)19-9-5-4-6-10-19/h7-8,13-14H,4-6,9-12H2,1-3H3. The highest BCUT2D eigenvalue weighted by Gasteiger charge is 2.27. The second kappa shape index (κ2) is 8.78. The van der Waals surface area contributed by atoms with Gasteiger partial charge in [-0.15, -0.1) is 0 Å². The Kier molecular flexibility index (Phi) is 6.98. The first kappa shape index (κ1) is 19.9. The molecule has 140 valence electrons. The van der Waals surface area contributed by atoms with Crippen LogP contribution in [0.2, 0.25) is 0 Å². The monoisotopic (exact) mass is 369 g/mol. The van der Waals surface area contributed by atoms with Crippen LogP contribution in [0.3, 0.4) is 0 Å². The minimum atomic E-state index is -3.57. The van der Waals surface area contributed by atoms with E-state index in [1.54, 1.807) is 19.1 Å². The molecule has 7 heteroatoms. The first-order valence-electron chi connectivity index (χ1n) is 8.72. The number of sulfonamides is 1. The van der Waals surface area contributed by atoms with E-state index in [-0.39, 0.29) is 23.2 Å². The third kappa shape index (κ3) is 5.26. The normalized spacial score (nSPS) is 16.2. The van der Waals surface area contributed by atoms with Crippen LogP contribution in [0.1, 0.15) is 49.0 Å². The highest BCUT2D eigenvalue weighted by molar-refractivity contribution is 7.89. The van der Waals surface area contributed by atoms with Crippen molar-refractivity contribution in [1.82, 2.24) is 4.31 Å². The second-order valence-corrected chi connectivity index (χ2v) is 8.43. The number of carbonyl (C=O) groups excluding carboxylic acids is 1. The Morgan fingerprint density at radius 3 is 2.48 bits per heavy atom. The van der Waals surface area contributed by atoms with E-state index < -0.39 is 16.0 Å². The Morgan fingerprint density at radius 2 is 1.84 bits per heavy atom. The van der Waals surface area contributed by atoms with Crippen molar-refractivity contribution in [2.24, 2.45) is 0 Å². The van der Waals surface area contributed by atoms with Gasteiger partial charge in [-0.1, -0.05) is 12.5 Å². The zero-order valence-electron chi connectivity index (χ0n) is 15.2. The highest BCUT2D eigenvalue weighted by atomic mass is 32.2.